The smallest absolute Gasteiger partial charge is 0.231 e. The summed E-state index contributed by atoms with van der Waals surface area (Å²) in [7, 11) is 0. The lowest BCUT2D eigenvalue weighted by Crippen LogP contribution is -2.35. The normalized spacial score (nSPS) is 18.4. The molecule has 3 aromatic rings. The van der Waals surface area contributed by atoms with Crippen molar-refractivity contribution in [2.75, 3.05) is 13.1 Å². The summed E-state index contributed by atoms with van der Waals surface area (Å²) in [5.74, 6) is 2.23. The first-order valence-corrected chi connectivity index (χ1v) is 9.64. The molecule has 0 bridgehead atoms. The largest absolute Gasteiger partial charge is 0.464 e. The van der Waals surface area contributed by atoms with Crippen molar-refractivity contribution < 1.29 is 8.94 Å². The van der Waals surface area contributed by atoms with Crippen LogP contribution in [0.4, 0.5) is 0 Å². The second-order valence-corrected chi connectivity index (χ2v) is 7.81. The maximum atomic E-state index is 12.7. The van der Waals surface area contributed by atoms with Crippen molar-refractivity contribution in [2.45, 2.75) is 45.6 Å². The zero-order chi connectivity index (χ0) is 18.8. The van der Waals surface area contributed by atoms with Crippen molar-refractivity contribution in [3.8, 4) is 0 Å². The van der Waals surface area contributed by atoms with Crippen LogP contribution in [0.2, 0.25) is 0 Å². The van der Waals surface area contributed by atoms with Gasteiger partial charge < -0.3 is 8.94 Å². The zero-order valence-corrected chi connectivity index (χ0v) is 15.9. The highest BCUT2D eigenvalue weighted by Crippen LogP contribution is 2.27. The number of aromatic nitrogens is 2. The molecule has 0 radical (unpaired) electrons. The molecule has 2 aromatic heterocycles. The third-order valence-electron chi connectivity index (χ3n) is 5.07. The molecular weight excluding hydrogens is 342 g/mol. The van der Waals surface area contributed by atoms with Gasteiger partial charge in [0.15, 0.2) is 11.3 Å². The number of nitrogens with zero attached hydrogens (tertiary/aromatic N) is 3. The van der Waals surface area contributed by atoms with Gasteiger partial charge in [-0.25, -0.2) is 0 Å². The van der Waals surface area contributed by atoms with Crippen molar-refractivity contribution in [3.63, 3.8) is 0 Å². The van der Waals surface area contributed by atoms with Crippen molar-refractivity contribution >= 4 is 11.0 Å². The quantitative estimate of drug-likeness (QED) is 0.684. The highest BCUT2D eigenvalue weighted by atomic mass is 16.5. The Balaban J connectivity index is 1.48. The Morgan fingerprint density at radius 3 is 3.00 bits per heavy atom. The Bertz CT molecular complexity index is 976. The lowest BCUT2D eigenvalue weighted by atomic mass is 9.97. The molecule has 0 unspecified atom stereocenters. The van der Waals surface area contributed by atoms with Gasteiger partial charge in [0, 0.05) is 25.1 Å². The minimum Gasteiger partial charge on any atom is -0.464 e. The van der Waals surface area contributed by atoms with E-state index in [9.17, 15) is 4.79 Å². The maximum Gasteiger partial charge on any atom is 0.231 e. The van der Waals surface area contributed by atoms with E-state index < -0.39 is 0 Å². The van der Waals surface area contributed by atoms with E-state index in [1.165, 1.54) is 0 Å². The minimum absolute atomic E-state index is 0.0518. The Morgan fingerprint density at radius 1 is 1.30 bits per heavy atom. The molecule has 1 atom stereocenters. The molecule has 1 aromatic carbocycles. The first-order valence-electron chi connectivity index (χ1n) is 9.64. The van der Waals surface area contributed by atoms with Gasteiger partial charge in [-0.1, -0.05) is 31.1 Å². The third-order valence-corrected chi connectivity index (χ3v) is 5.07. The lowest BCUT2D eigenvalue weighted by molar-refractivity contribution is 0.179. The maximum absolute atomic E-state index is 12.7. The van der Waals surface area contributed by atoms with Gasteiger partial charge in [0.05, 0.1) is 17.6 Å². The molecule has 142 valence electrons. The van der Waals surface area contributed by atoms with E-state index >= 15 is 0 Å². The van der Waals surface area contributed by atoms with Crippen LogP contribution in [0.5, 0.6) is 0 Å². The molecule has 6 nitrogen and oxygen atoms in total. The standard InChI is InChI=1S/C21H25N3O3/c1-14(2)10-19-22-21(27-23-19)15-6-5-9-24(11-15)12-16-13-26-18-8-4-3-7-17(18)20(16)25/h3-4,7-8,13-15H,5-6,9-12H2,1-2H3/t15-/m1/s1. The summed E-state index contributed by atoms with van der Waals surface area (Å²) in [5, 5.41) is 4.76. The first-order chi connectivity index (χ1) is 13.1. The monoisotopic (exact) mass is 367 g/mol. The number of hydrogen-bond acceptors (Lipinski definition) is 6. The predicted octanol–water partition coefficient (Wildman–Crippen LogP) is 3.75. The van der Waals surface area contributed by atoms with Crippen LogP contribution in [0.15, 0.2) is 44.3 Å². The predicted molar refractivity (Wildman–Crippen MR) is 103 cm³/mol. The summed E-state index contributed by atoms with van der Waals surface area (Å²) in [4.78, 5) is 19.6. The Kier molecular flexibility index (Phi) is 5.07. The minimum atomic E-state index is 0.0518. The van der Waals surface area contributed by atoms with Gasteiger partial charge in [0.25, 0.3) is 0 Å². The summed E-state index contributed by atoms with van der Waals surface area (Å²) in [6.07, 6.45) is 4.51. The van der Waals surface area contributed by atoms with Crippen molar-refractivity contribution in [3.05, 3.63) is 58.0 Å². The van der Waals surface area contributed by atoms with Crippen LogP contribution in [-0.2, 0) is 13.0 Å². The molecule has 0 N–H and O–H groups in total. The van der Waals surface area contributed by atoms with E-state index in [1.807, 2.05) is 24.3 Å². The number of likely N-dealkylation sites (tertiary alicyclic amines) is 1. The molecule has 0 spiro atoms. The second kappa shape index (κ2) is 7.64. The number of hydrogen-bond donors (Lipinski definition) is 0. The fourth-order valence-electron chi connectivity index (χ4n) is 3.75. The highest BCUT2D eigenvalue weighted by Gasteiger charge is 2.26. The van der Waals surface area contributed by atoms with E-state index in [4.69, 9.17) is 8.94 Å². The number of piperidine rings is 1. The number of benzene rings is 1. The molecular formula is C21H25N3O3. The van der Waals surface area contributed by atoms with Gasteiger partial charge in [0.2, 0.25) is 5.89 Å². The lowest BCUT2D eigenvalue weighted by Gasteiger charge is -2.30. The second-order valence-electron chi connectivity index (χ2n) is 7.81. The van der Waals surface area contributed by atoms with Crippen LogP contribution in [-0.4, -0.2) is 28.1 Å². The molecule has 0 aliphatic carbocycles. The van der Waals surface area contributed by atoms with Crippen LogP contribution in [0.3, 0.4) is 0 Å². The molecule has 27 heavy (non-hydrogen) atoms. The summed E-state index contributed by atoms with van der Waals surface area (Å²) in [6, 6.07) is 7.38. The molecule has 1 fully saturated rings. The summed E-state index contributed by atoms with van der Waals surface area (Å²) < 4.78 is 11.2. The van der Waals surface area contributed by atoms with Crippen molar-refractivity contribution in [1.29, 1.82) is 0 Å². The van der Waals surface area contributed by atoms with Crippen molar-refractivity contribution in [2.24, 2.45) is 5.92 Å². The number of para-hydroxylation sites is 1. The summed E-state index contributed by atoms with van der Waals surface area (Å²) in [5.41, 5.74) is 1.38. The van der Waals surface area contributed by atoms with Crippen LogP contribution < -0.4 is 5.43 Å². The molecule has 3 heterocycles. The van der Waals surface area contributed by atoms with Crippen LogP contribution in [0.1, 0.15) is 49.9 Å². The van der Waals surface area contributed by atoms with E-state index in [0.717, 1.165) is 44.1 Å². The van der Waals surface area contributed by atoms with Crippen LogP contribution in [0, 0.1) is 5.92 Å². The first kappa shape index (κ1) is 17.9. The molecule has 0 saturated carbocycles. The Morgan fingerprint density at radius 2 is 2.15 bits per heavy atom. The molecule has 1 aliphatic heterocycles. The molecule has 1 aliphatic rings. The molecule has 4 rings (SSSR count). The number of rotatable bonds is 5. The van der Waals surface area contributed by atoms with Crippen molar-refractivity contribution in [1.82, 2.24) is 15.0 Å². The SMILES string of the molecule is CC(C)Cc1noc([C@@H]2CCCN(Cc3coc4ccccc4c3=O)C2)n1. The van der Waals surface area contributed by atoms with Gasteiger partial charge in [-0.15, -0.1) is 0 Å². The highest BCUT2D eigenvalue weighted by molar-refractivity contribution is 5.76. The van der Waals surface area contributed by atoms with Crippen LogP contribution in [0.25, 0.3) is 11.0 Å². The van der Waals surface area contributed by atoms with Gasteiger partial charge in [-0.3, -0.25) is 9.69 Å². The Labute approximate surface area is 158 Å². The van der Waals surface area contributed by atoms with Gasteiger partial charge in [0.1, 0.15) is 5.58 Å². The van der Waals surface area contributed by atoms with E-state index in [-0.39, 0.29) is 11.3 Å². The van der Waals surface area contributed by atoms with E-state index in [0.29, 0.717) is 29.0 Å². The van der Waals surface area contributed by atoms with Gasteiger partial charge in [-0.05, 0) is 37.4 Å². The fraction of sp³-hybridized carbons (Fsp3) is 0.476. The van der Waals surface area contributed by atoms with E-state index in [2.05, 4.69) is 28.9 Å². The third kappa shape index (κ3) is 3.95. The van der Waals surface area contributed by atoms with E-state index in [1.54, 1.807) is 6.26 Å². The van der Waals surface area contributed by atoms with Crippen LogP contribution >= 0.6 is 0 Å². The summed E-state index contributed by atoms with van der Waals surface area (Å²) >= 11 is 0. The van der Waals surface area contributed by atoms with Gasteiger partial charge >= 0.3 is 0 Å². The fourth-order valence-corrected chi connectivity index (χ4v) is 3.75. The number of fused-ring (bicyclic) bond motifs is 1. The Hall–Kier alpha value is -2.47. The topological polar surface area (TPSA) is 72.4 Å². The molecule has 6 heteroatoms. The summed E-state index contributed by atoms with van der Waals surface area (Å²) in [6.45, 7) is 6.64. The molecule has 0 amide bonds. The molecule has 1 saturated heterocycles. The average Bonchev–Trinajstić information content (AvgIpc) is 3.12. The van der Waals surface area contributed by atoms with Gasteiger partial charge in [-0.2, -0.15) is 4.98 Å². The average molecular weight is 367 g/mol. The zero-order valence-electron chi connectivity index (χ0n) is 15.9.